The molecule has 0 saturated heterocycles. The molecule has 1 rings (SSSR count). The van der Waals surface area contributed by atoms with Crippen LogP contribution < -0.4 is 0 Å². The molecule has 0 amide bonds. The van der Waals surface area contributed by atoms with Gasteiger partial charge in [0.2, 0.25) is 0 Å². The molecule has 1 aromatic carbocycles. The molecule has 17 heavy (non-hydrogen) atoms. The highest BCUT2D eigenvalue weighted by Crippen LogP contribution is 2.30. The van der Waals surface area contributed by atoms with Crippen LogP contribution in [-0.2, 0) is 11.2 Å². The van der Waals surface area contributed by atoms with E-state index in [1.54, 1.807) is 32.0 Å². The van der Waals surface area contributed by atoms with Gasteiger partial charge in [0.25, 0.3) is 0 Å². The molecular formula is C12H13F3O2. The fourth-order valence-corrected chi connectivity index (χ4v) is 1.58. The molecule has 94 valence electrons. The molecule has 1 aromatic rings. The predicted octanol–water partition coefficient (Wildman–Crippen LogP) is 3.11. The summed E-state index contributed by atoms with van der Waals surface area (Å²) in [7, 11) is 0. The molecule has 0 aliphatic heterocycles. The summed E-state index contributed by atoms with van der Waals surface area (Å²) in [5.41, 5.74) is 1.91. The largest absolute Gasteiger partial charge is 0.481 e. The van der Waals surface area contributed by atoms with Gasteiger partial charge in [-0.1, -0.05) is 23.8 Å². The van der Waals surface area contributed by atoms with Crippen LogP contribution in [0.15, 0.2) is 18.2 Å². The summed E-state index contributed by atoms with van der Waals surface area (Å²) in [6.07, 6.45) is -5.24. The average molecular weight is 246 g/mol. The second-order valence-corrected chi connectivity index (χ2v) is 4.07. The molecule has 0 aliphatic rings. The van der Waals surface area contributed by atoms with Gasteiger partial charge in [0.05, 0.1) is 0 Å². The molecule has 0 saturated carbocycles. The maximum atomic E-state index is 12.5. The summed E-state index contributed by atoms with van der Waals surface area (Å²) in [6.45, 7) is 3.43. The Morgan fingerprint density at radius 1 is 1.35 bits per heavy atom. The molecular weight excluding hydrogens is 233 g/mol. The smallest absolute Gasteiger partial charge is 0.402 e. The van der Waals surface area contributed by atoms with Crippen molar-refractivity contribution in [3.05, 3.63) is 34.9 Å². The monoisotopic (exact) mass is 246 g/mol. The van der Waals surface area contributed by atoms with Crippen molar-refractivity contribution in [1.29, 1.82) is 0 Å². The summed E-state index contributed by atoms with van der Waals surface area (Å²) >= 11 is 0. The lowest BCUT2D eigenvalue weighted by Gasteiger charge is -2.17. The average Bonchev–Trinajstić information content (AvgIpc) is 2.17. The standard InChI is InChI=1S/C12H13F3O2/c1-7-3-4-8(2)9(5-7)6-10(11(16)17)12(13,14)15/h3-5,10H,6H2,1-2H3,(H,16,17). The van der Waals surface area contributed by atoms with Crippen molar-refractivity contribution < 1.29 is 23.1 Å². The second kappa shape index (κ2) is 4.77. The lowest BCUT2D eigenvalue weighted by molar-refractivity contribution is -0.193. The highest BCUT2D eigenvalue weighted by molar-refractivity contribution is 5.71. The van der Waals surface area contributed by atoms with Gasteiger partial charge in [-0.25, -0.2) is 0 Å². The third-order valence-corrected chi connectivity index (χ3v) is 2.62. The van der Waals surface area contributed by atoms with Gasteiger partial charge in [-0.2, -0.15) is 13.2 Å². The van der Waals surface area contributed by atoms with E-state index in [2.05, 4.69) is 0 Å². The van der Waals surface area contributed by atoms with Gasteiger partial charge in [-0.15, -0.1) is 0 Å². The molecule has 0 aliphatic carbocycles. The van der Waals surface area contributed by atoms with E-state index in [-0.39, 0.29) is 0 Å². The Morgan fingerprint density at radius 3 is 2.41 bits per heavy atom. The summed E-state index contributed by atoms with van der Waals surface area (Å²) in [4.78, 5) is 10.6. The number of benzene rings is 1. The number of hydrogen-bond donors (Lipinski definition) is 1. The number of carbonyl (C=O) groups is 1. The van der Waals surface area contributed by atoms with Crippen LogP contribution in [0, 0.1) is 19.8 Å². The first-order chi connectivity index (χ1) is 7.71. The molecule has 0 heterocycles. The molecule has 0 spiro atoms. The maximum absolute atomic E-state index is 12.5. The highest BCUT2D eigenvalue weighted by atomic mass is 19.4. The van der Waals surface area contributed by atoms with Gasteiger partial charge in [0, 0.05) is 0 Å². The zero-order chi connectivity index (χ0) is 13.2. The number of carboxylic acid groups (broad SMARTS) is 1. The summed E-state index contributed by atoms with van der Waals surface area (Å²) in [5, 5.41) is 8.61. The number of alkyl halides is 3. The first kappa shape index (κ1) is 13.5. The molecule has 0 aromatic heterocycles. The Labute approximate surface area is 97.1 Å². The molecule has 0 radical (unpaired) electrons. The van der Waals surface area contributed by atoms with Gasteiger partial charge < -0.3 is 5.11 Å². The maximum Gasteiger partial charge on any atom is 0.402 e. The van der Waals surface area contributed by atoms with Crippen LogP contribution in [-0.4, -0.2) is 17.3 Å². The van der Waals surface area contributed by atoms with Crippen LogP contribution in [0.5, 0.6) is 0 Å². The lowest BCUT2D eigenvalue weighted by Crippen LogP contribution is -2.32. The van der Waals surface area contributed by atoms with Gasteiger partial charge in [-0.05, 0) is 31.4 Å². The Bertz CT molecular complexity index is 424. The van der Waals surface area contributed by atoms with Crippen LogP contribution in [0.4, 0.5) is 13.2 Å². The van der Waals surface area contributed by atoms with E-state index in [9.17, 15) is 18.0 Å². The van der Waals surface area contributed by atoms with Gasteiger partial charge in [0.15, 0.2) is 5.92 Å². The van der Waals surface area contributed by atoms with Crippen molar-refractivity contribution in [2.75, 3.05) is 0 Å². The minimum absolute atomic E-state index is 0.426. The third kappa shape index (κ3) is 3.47. The van der Waals surface area contributed by atoms with Crippen LogP contribution in [0.1, 0.15) is 16.7 Å². The van der Waals surface area contributed by atoms with E-state index in [0.717, 1.165) is 5.56 Å². The number of rotatable bonds is 3. The van der Waals surface area contributed by atoms with Crippen LogP contribution in [0.25, 0.3) is 0 Å². The number of carboxylic acids is 1. The third-order valence-electron chi connectivity index (χ3n) is 2.62. The van der Waals surface area contributed by atoms with Crippen molar-refractivity contribution in [1.82, 2.24) is 0 Å². The van der Waals surface area contributed by atoms with Gasteiger partial charge in [0.1, 0.15) is 0 Å². The van der Waals surface area contributed by atoms with Crippen molar-refractivity contribution in [3.63, 3.8) is 0 Å². The van der Waals surface area contributed by atoms with E-state index < -0.39 is 24.5 Å². The normalized spacial score (nSPS) is 13.5. The molecule has 1 N–H and O–H groups in total. The Kier molecular flexibility index (Phi) is 3.80. The van der Waals surface area contributed by atoms with E-state index in [1.165, 1.54) is 0 Å². The summed E-state index contributed by atoms with van der Waals surface area (Å²) in [5.74, 6) is -4.18. The fraction of sp³-hybridized carbons (Fsp3) is 0.417. The number of hydrogen-bond acceptors (Lipinski definition) is 1. The summed E-state index contributed by atoms with van der Waals surface area (Å²) < 4.78 is 37.5. The van der Waals surface area contributed by atoms with E-state index in [0.29, 0.717) is 11.1 Å². The highest BCUT2D eigenvalue weighted by Gasteiger charge is 2.45. The minimum atomic E-state index is -4.72. The first-order valence-corrected chi connectivity index (χ1v) is 5.07. The van der Waals surface area contributed by atoms with E-state index in [4.69, 9.17) is 5.11 Å². The van der Waals surface area contributed by atoms with Crippen LogP contribution >= 0.6 is 0 Å². The first-order valence-electron chi connectivity index (χ1n) is 5.07. The quantitative estimate of drug-likeness (QED) is 0.889. The minimum Gasteiger partial charge on any atom is -0.481 e. The SMILES string of the molecule is Cc1ccc(C)c(CC(C(=O)O)C(F)(F)F)c1. The Morgan fingerprint density at radius 2 is 1.94 bits per heavy atom. The number of halogens is 3. The van der Waals surface area contributed by atoms with E-state index >= 15 is 0 Å². The molecule has 1 unspecified atom stereocenters. The molecule has 0 bridgehead atoms. The summed E-state index contributed by atoms with van der Waals surface area (Å²) in [6, 6.07) is 5.07. The fourth-order valence-electron chi connectivity index (χ4n) is 1.58. The number of aryl methyl sites for hydroxylation is 2. The lowest BCUT2D eigenvalue weighted by atomic mass is 9.94. The van der Waals surface area contributed by atoms with Crippen molar-refractivity contribution in [3.8, 4) is 0 Å². The zero-order valence-electron chi connectivity index (χ0n) is 9.51. The second-order valence-electron chi connectivity index (χ2n) is 4.07. The van der Waals surface area contributed by atoms with Crippen LogP contribution in [0.2, 0.25) is 0 Å². The Balaban J connectivity index is 3.02. The topological polar surface area (TPSA) is 37.3 Å². The van der Waals surface area contributed by atoms with E-state index in [1.807, 2.05) is 0 Å². The van der Waals surface area contributed by atoms with Crippen molar-refractivity contribution in [2.45, 2.75) is 26.4 Å². The zero-order valence-corrected chi connectivity index (χ0v) is 9.51. The predicted molar refractivity (Wildman–Crippen MR) is 56.8 cm³/mol. The molecule has 0 fully saturated rings. The van der Waals surface area contributed by atoms with Crippen LogP contribution in [0.3, 0.4) is 0 Å². The van der Waals surface area contributed by atoms with Gasteiger partial charge in [-0.3, -0.25) is 4.79 Å². The van der Waals surface area contributed by atoms with Gasteiger partial charge >= 0.3 is 12.1 Å². The number of aliphatic carboxylic acids is 1. The molecule has 1 atom stereocenters. The van der Waals surface area contributed by atoms with Crippen molar-refractivity contribution in [2.24, 2.45) is 5.92 Å². The molecule has 5 heteroatoms. The molecule has 2 nitrogen and oxygen atoms in total. The van der Waals surface area contributed by atoms with Crippen molar-refractivity contribution >= 4 is 5.97 Å². The Hall–Kier alpha value is -1.52.